The maximum absolute atomic E-state index is 12.2. The fourth-order valence-electron chi connectivity index (χ4n) is 1.93. The van der Waals surface area contributed by atoms with Crippen molar-refractivity contribution in [2.75, 3.05) is 19.4 Å². The van der Waals surface area contributed by atoms with E-state index in [1.54, 1.807) is 24.1 Å². The Hall–Kier alpha value is -2.56. The molecule has 0 bridgehead atoms. The molecule has 5 heteroatoms. The molecule has 0 aliphatic rings. The van der Waals surface area contributed by atoms with Gasteiger partial charge in [-0.3, -0.25) is 4.79 Å². The number of anilines is 1. The molecule has 0 spiro atoms. The molecule has 2 rings (SSSR count). The van der Waals surface area contributed by atoms with Crippen LogP contribution in [-0.2, 0) is 6.54 Å². The quantitative estimate of drug-likeness (QED) is 0.915. The summed E-state index contributed by atoms with van der Waals surface area (Å²) in [5.74, 6) is 0.694. The van der Waals surface area contributed by atoms with Gasteiger partial charge < -0.3 is 15.4 Å². The van der Waals surface area contributed by atoms with Crippen LogP contribution < -0.4 is 10.5 Å². The molecule has 110 valence electrons. The number of nitrogen functional groups attached to an aromatic ring is 1. The lowest BCUT2D eigenvalue weighted by atomic mass is 10.2. The molecule has 0 saturated carbocycles. The Kier molecular flexibility index (Phi) is 4.77. The third-order valence-corrected chi connectivity index (χ3v) is 3.01. The summed E-state index contributed by atoms with van der Waals surface area (Å²) in [4.78, 5) is 17.9. The van der Waals surface area contributed by atoms with Crippen LogP contribution in [0.15, 0.2) is 42.6 Å². The molecule has 0 aliphatic heterocycles. The highest BCUT2D eigenvalue weighted by atomic mass is 16.5. The van der Waals surface area contributed by atoms with Crippen molar-refractivity contribution < 1.29 is 9.53 Å². The van der Waals surface area contributed by atoms with Crippen LogP contribution in [0, 0.1) is 0 Å². The predicted molar refractivity (Wildman–Crippen MR) is 82.1 cm³/mol. The standard InChI is InChI=1S/C16H19N3O2/c1-3-21-14-7-4-12(5-8-14)11-19(2)16(20)15-9-6-13(17)10-18-15/h4-10H,3,11,17H2,1-2H3. The zero-order chi connectivity index (χ0) is 15.2. The van der Waals surface area contributed by atoms with Gasteiger partial charge in [-0.15, -0.1) is 0 Å². The van der Waals surface area contributed by atoms with E-state index in [-0.39, 0.29) is 5.91 Å². The second kappa shape index (κ2) is 6.74. The van der Waals surface area contributed by atoms with Crippen LogP contribution in [0.5, 0.6) is 5.75 Å². The van der Waals surface area contributed by atoms with Crippen LogP contribution in [0.4, 0.5) is 5.69 Å². The number of carbonyl (C=O) groups excluding carboxylic acids is 1. The molecule has 2 aromatic rings. The van der Waals surface area contributed by atoms with E-state index in [1.807, 2.05) is 31.2 Å². The first-order chi connectivity index (χ1) is 10.1. The average Bonchev–Trinajstić information content (AvgIpc) is 2.49. The SMILES string of the molecule is CCOc1ccc(CN(C)C(=O)c2ccc(N)cn2)cc1. The van der Waals surface area contributed by atoms with Crippen LogP contribution in [0.25, 0.3) is 0 Å². The number of carbonyl (C=O) groups is 1. The van der Waals surface area contributed by atoms with Gasteiger partial charge in [0, 0.05) is 13.6 Å². The molecule has 0 aliphatic carbocycles. The van der Waals surface area contributed by atoms with Gasteiger partial charge in [0.1, 0.15) is 11.4 Å². The maximum atomic E-state index is 12.2. The molecule has 1 heterocycles. The summed E-state index contributed by atoms with van der Waals surface area (Å²) in [6.45, 7) is 3.10. The highest BCUT2D eigenvalue weighted by molar-refractivity contribution is 5.92. The topological polar surface area (TPSA) is 68.5 Å². The van der Waals surface area contributed by atoms with Crippen LogP contribution in [0.3, 0.4) is 0 Å². The van der Waals surface area contributed by atoms with E-state index < -0.39 is 0 Å². The molecule has 0 radical (unpaired) electrons. The molecule has 5 nitrogen and oxygen atoms in total. The Morgan fingerprint density at radius 3 is 2.52 bits per heavy atom. The largest absolute Gasteiger partial charge is 0.494 e. The fraction of sp³-hybridized carbons (Fsp3) is 0.250. The summed E-state index contributed by atoms with van der Waals surface area (Å²) < 4.78 is 5.39. The Morgan fingerprint density at radius 1 is 1.24 bits per heavy atom. The first-order valence-electron chi connectivity index (χ1n) is 6.79. The minimum Gasteiger partial charge on any atom is -0.494 e. The summed E-state index contributed by atoms with van der Waals surface area (Å²) in [7, 11) is 1.75. The van der Waals surface area contributed by atoms with Gasteiger partial charge in [-0.2, -0.15) is 0 Å². The Morgan fingerprint density at radius 2 is 1.95 bits per heavy atom. The van der Waals surface area contributed by atoms with Gasteiger partial charge in [0.25, 0.3) is 5.91 Å². The zero-order valence-corrected chi connectivity index (χ0v) is 12.2. The Labute approximate surface area is 124 Å². The molecular weight excluding hydrogens is 266 g/mol. The Balaban J connectivity index is 2.01. The molecule has 2 N–H and O–H groups in total. The number of nitrogens with zero attached hydrogens (tertiary/aromatic N) is 2. The van der Waals surface area contributed by atoms with Crippen molar-refractivity contribution >= 4 is 11.6 Å². The smallest absolute Gasteiger partial charge is 0.272 e. The Bertz CT molecular complexity index is 594. The molecule has 1 aromatic heterocycles. The van der Waals surface area contributed by atoms with Gasteiger partial charge in [0.15, 0.2) is 0 Å². The van der Waals surface area contributed by atoms with Crippen molar-refractivity contribution in [2.45, 2.75) is 13.5 Å². The van der Waals surface area contributed by atoms with E-state index in [2.05, 4.69) is 4.98 Å². The highest BCUT2D eigenvalue weighted by Gasteiger charge is 2.13. The van der Waals surface area contributed by atoms with Gasteiger partial charge >= 0.3 is 0 Å². The van der Waals surface area contributed by atoms with Crippen molar-refractivity contribution in [2.24, 2.45) is 0 Å². The number of rotatable bonds is 5. The summed E-state index contributed by atoms with van der Waals surface area (Å²) in [6.07, 6.45) is 1.48. The van der Waals surface area contributed by atoms with Crippen LogP contribution in [0.2, 0.25) is 0 Å². The summed E-state index contributed by atoms with van der Waals surface area (Å²) >= 11 is 0. The zero-order valence-electron chi connectivity index (χ0n) is 12.2. The van der Waals surface area contributed by atoms with E-state index >= 15 is 0 Å². The van der Waals surface area contributed by atoms with Gasteiger partial charge in [-0.1, -0.05) is 12.1 Å². The minimum absolute atomic E-state index is 0.135. The number of hydrogen-bond donors (Lipinski definition) is 1. The normalized spacial score (nSPS) is 10.2. The molecular formula is C16H19N3O2. The monoisotopic (exact) mass is 285 g/mol. The van der Waals surface area contributed by atoms with Gasteiger partial charge in [0.2, 0.25) is 0 Å². The van der Waals surface area contributed by atoms with Crippen molar-refractivity contribution in [3.05, 3.63) is 53.9 Å². The number of benzene rings is 1. The molecule has 1 aromatic carbocycles. The predicted octanol–water partition coefficient (Wildman–Crippen LogP) is 2.33. The van der Waals surface area contributed by atoms with Crippen molar-refractivity contribution in [3.8, 4) is 5.75 Å². The van der Waals surface area contributed by atoms with Crippen molar-refractivity contribution in [1.29, 1.82) is 0 Å². The molecule has 0 fully saturated rings. The first-order valence-corrected chi connectivity index (χ1v) is 6.79. The van der Waals surface area contributed by atoms with Crippen molar-refractivity contribution in [1.82, 2.24) is 9.88 Å². The number of nitrogens with two attached hydrogens (primary N) is 1. The van der Waals surface area contributed by atoms with Crippen LogP contribution >= 0.6 is 0 Å². The van der Waals surface area contributed by atoms with E-state index in [9.17, 15) is 4.79 Å². The van der Waals surface area contributed by atoms with E-state index in [0.717, 1.165) is 11.3 Å². The van der Waals surface area contributed by atoms with Crippen molar-refractivity contribution in [3.63, 3.8) is 0 Å². The lowest BCUT2D eigenvalue weighted by Gasteiger charge is -2.17. The van der Waals surface area contributed by atoms with E-state index in [0.29, 0.717) is 24.5 Å². The first kappa shape index (κ1) is 14.8. The summed E-state index contributed by atoms with van der Waals surface area (Å²) in [5, 5.41) is 0. The number of amides is 1. The average molecular weight is 285 g/mol. The van der Waals surface area contributed by atoms with Gasteiger partial charge in [-0.05, 0) is 36.8 Å². The maximum Gasteiger partial charge on any atom is 0.272 e. The minimum atomic E-state index is -0.135. The van der Waals surface area contributed by atoms with Gasteiger partial charge in [0.05, 0.1) is 18.5 Å². The second-order valence-corrected chi connectivity index (χ2v) is 4.71. The number of ether oxygens (including phenoxy) is 1. The van der Waals surface area contributed by atoms with E-state index in [1.165, 1.54) is 6.20 Å². The fourth-order valence-corrected chi connectivity index (χ4v) is 1.93. The molecule has 21 heavy (non-hydrogen) atoms. The molecule has 0 atom stereocenters. The summed E-state index contributed by atoms with van der Waals surface area (Å²) in [5.41, 5.74) is 7.53. The third-order valence-electron chi connectivity index (χ3n) is 3.01. The number of aromatic nitrogens is 1. The lowest BCUT2D eigenvalue weighted by molar-refractivity contribution is 0.0779. The highest BCUT2D eigenvalue weighted by Crippen LogP contribution is 2.14. The number of pyridine rings is 1. The lowest BCUT2D eigenvalue weighted by Crippen LogP contribution is -2.26. The van der Waals surface area contributed by atoms with E-state index in [4.69, 9.17) is 10.5 Å². The second-order valence-electron chi connectivity index (χ2n) is 4.71. The summed E-state index contributed by atoms with van der Waals surface area (Å²) in [6, 6.07) is 11.0. The molecule has 0 saturated heterocycles. The van der Waals surface area contributed by atoms with Crippen LogP contribution in [0.1, 0.15) is 23.0 Å². The van der Waals surface area contributed by atoms with Crippen LogP contribution in [-0.4, -0.2) is 29.4 Å². The molecule has 0 unspecified atom stereocenters. The number of hydrogen-bond acceptors (Lipinski definition) is 4. The molecule has 1 amide bonds. The van der Waals surface area contributed by atoms with Gasteiger partial charge in [-0.25, -0.2) is 4.98 Å². The third kappa shape index (κ3) is 3.95.